The van der Waals surface area contributed by atoms with E-state index in [1.165, 1.54) is 50.6 Å². The van der Waals surface area contributed by atoms with E-state index in [0.29, 0.717) is 11.5 Å². The van der Waals surface area contributed by atoms with Crippen LogP contribution in [0.1, 0.15) is 19.4 Å². The van der Waals surface area contributed by atoms with Gasteiger partial charge in [0.1, 0.15) is 18.1 Å². The molecule has 0 bridgehead atoms. The van der Waals surface area contributed by atoms with Gasteiger partial charge in [-0.05, 0) is 55.8 Å². The Morgan fingerprint density at radius 2 is 1.69 bits per heavy atom. The highest BCUT2D eigenvalue weighted by molar-refractivity contribution is 7.92. The number of sulfonamides is 1. The van der Waals surface area contributed by atoms with Gasteiger partial charge in [-0.15, -0.1) is 0 Å². The molecule has 0 aliphatic rings. The van der Waals surface area contributed by atoms with Gasteiger partial charge < -0.3 is 19.5 Å². The smallest absolute Gasteiger partial charge is 0.265 e. The molecule has 3 rings (SSSR count). The topological polar surface area (TPSA) is 94.2 Å². The number of hydrogen-bond donors (Lipinski definition) is 1. The average molecular weight is 517 g/mol. The number of hydrogen-bond acceptors (Lipinski definition) is 6. The summed E-state index contributed by atoms with van der Waals surface area (Å²) in [6.07, 6.45) is -0.00838. The van der Waals surface area contributed by atoms with Crippen molar-refractivity contribution >= 4 is 21.6 Å². The standard InChI is InChI=1S/C26H29FN2O6S/c1-18(2)35-20-9-7-8-19(14-20)16-28-26(30)17-29(23-11-6-5-10-22(23)27)36(31,32)21-12-13-24(33-3)25(15-21)34-4/h5-15,18H,16-17H2,1-4H3,(H,28,30). The molecule has 0 fully saturated rings. The van der Waals surface area contributed by atoms with Crippen molar-refractivity contribution in [2.45, 2.75) is 31.4 Å². The molecule has 0 saturated heterocycles. The maximum atomic E-state index is 14.7. The molecule has 3 aromatic carbocycles. The Bertz CT molecular complexity index is 1310. The van der Waals surface area contributed by atoms with Gasteiger partial charge in [-0.3, -0.25) is 9.10 Å². The zero-order valence-electron chi connectivity index (χ0n) is 20.5. The van der Waals surface area contributed by atoms with E-state index in [2.05, 4.69) is 5.32 Å². The van der Waals surface area contributed by atoms with Gasteiger partial charge in [-0.25, -0.2) is 12.8 Å². The van der Waals surface area contributed by atoms with Gasteiger partial charge in [0.15, 0.2) is 11.5 Å². The van der Waals surface area contributed by atoms with Crippen molar-refractivity contribution in [1.29, 1.82) is 0 Å². The van der Waals surface area contributed by atoms with Crippen LogP contribution >= 0.6 is 0 Å². The van der Waals surface area contributed by atoms with E-state index in [-0.39, 0.29) is 29.0 Å². The number of benzene rings is 3. The van der Waals surface area contributed by atoms with Crippen molar-refractivity contribution in [3.63, 3.8) is 0 Å². The lowest BCUT2D eigenvalue weighted by Crippen LogP contribution is -2.41. The fourth-order valence-electron chi connectivity index (χ4n) is 3.45. The number of halogens is 1. The predicted molar refractivity (Wildman–Crippen MR) is 135 cm³/mol. The highest BCUT2D eigenvalue weighted by Gasteiger charge is 2.30. The van der Waals surface area contributed by atoms with E-state index in [1.54, 1.807) is 18.2 Å². The summed E-state index contributed by atoms with van der Waals surface area (Å²) in [5.74, 6) is -0.235. The maximum Gasteiger partial charge on any atom is 0.265 e. The summed E-state index contributed by atoms with van der Waals surface area (Å²) < 4.78 is 58.6. The van der Waals surface area contributed by atoms with Crippen molar-refractivity contribution < 1.29 is 31.8 Å². The first-order valence-electron chi connectivity index (χ1n) is 11.2. The van der Waals surface area contributed by atoms with Crippen LogP contribution in [-0.4, -0.2) is 41.2 Å². The average Bonchev–Trinajstić information content (AvgIpc) is 2.86. The lowest BCUT2D eigenvalue weighted by molar-refractivity contribution is -0.119. The van der Waals surface area contributed by atoms with E-state index >= 15 is 0 Å². The SMILES string of the molecule is COc1ccc(S(=O)(=O)N(CC(=O)NCc2cccc(OC(C)C)c2)c2ccccc2F)cc1OC. The third-order valence-corrected chi connectivity index (χ3v) is 6.87. The van der Waals surface area contributed by atoms with Gasteiger partial charge in [0.25, 0.3) is 10.0 Å². The molecule has 36 heavy (non-hydrogen) atoms. The van der Waals surface area contributed by atoms with Crippen LogP contribution in [0.15, 0.2) is 71.6 Å². The second kappa shape index (κ2) is 11.8. The molecular weight excluding hydrogens is 487 g/mol. The molecule has 0 saturated carbocycles. The minimum absolute atomic E-state index is 0.00838. The largest absolute Gasteiger partial charge is 0.493 e. The Labute approximate surface area is 210 Å². The van der Waals surface area contributed by atoms with Crippen LogP contribution in [0.5, 0.6) is 17.2 Å². The number of rotatable bonds is 11. The van der Waals surface area contributed by atoms with Gasteiger partial charge in [0.05, 0.1) is 30.9 Å². The van der Waals surface area contributed by atoms with Crippen LogP contribution in [0.2, 0.25) is 0 Å². The summed E-state index contributed by atoms with van der Waals surface area (Å²) in [4.78, 5) is 12.7. The second-order valence-electron chi connectivity index (χ2n) is 8.07. The highest BCUT2D eigenvalue weighted by Crippen LogP contribution is 2.32. The van der Waals surface area contributed by atoms with Gasteiger partial charge in [0.2, 0.25) is 5.91 Å². The van der Waals surface area contributed by atoms with Crippen molar-refractivity contribution in [3.8, 4) is 17.2 Å². The van der Waals surface area contributed by atoms with Crippen LogP contribution in [0.25, 0.3) is 0 Å². The molecule has 0 aromatic heterocycles. The molecule has 1 amide bonds. The lowest BCUT2D eigenvalue weighted by Gasteiger charge is -2.25. The van der Waals surface area contributed by atoms with Crippen molar-refractivity contribution in [2.24, 2.45) is 0 Å². The molecule has 0 aliphatic carbocycles. The van der Waals surface area contributed by atoms with Gasteiger partial charge in [-0.2, -0.15) is 0 Å². The third kappa shape index (κ3) is 6.45. The number of nitrogens with one attached hydrogen (secondary N) is 1. The number of methoxy groups -OCH3 is 2. The molecule has 0 unspecified atom stereocenters. The van der Waals surface area contributed by atoms with E-state index in [1.807, 2.05) is 19.9 Å². The zero-order valence-corrected chi connectivity index (χ0v) is 21.3. The molecule has 10 heteroatoms. The Morgan fingerprint density at radius 3 is 2.36 bits per heavy atom. The quantitative estimate of drug-likeness (QED) is 0.412. The van der Waals surface area contributed by atoms with E-state index in [4.69, 9.17) is 14.2 Å². The number of carbonyl (C=O) groups is 1. The fourth-order valence-corrected chi connectivity index (χ4v) is 4.89. The molecule has 0 atom stereocenters. The first kappa shape index (κ1) is 26.8. The summed E-state index contributed by atoms with van der Waals surface area (Å²) in [6, 6.07) is 16.6. The minimum atomic E-state index is -4.36. The second-order valence-corrected chi connectivity index (χ2v) is 9.93. The molecule has 8 nitrogen and oxygen atoms in total. The van der Waals surface area contributed by atoms with Crippen molar-refractivity contribution in [3.05, 3.63) is 78.1 Å². The van der Waals surface area contributed by atoms with Crippen LogP contribution in [0, 0.1) is 5.82 Å². The maximum absolute atomic E-state index is 14.7. The normalized spacial score (nSPS) is 11.2. The summed E-state index contributed by atoms with van der Waals surface area (Å²) in [6.45, 7) is 3.31. The molecular formula is C26H29FN2O6S. The molecule has 0 aliphatic heterocycles. The van der Waals surface area contributed by atoms with Crippen LogP contribution in [0.4, 0.5) is 10.1 Å². The molecule has 1 N–H and O–H groups in total. The first-order valence-corrected chi connectivity index (χ1v) is 12.6. The van der Waals surface area contributed by atoms with Gasteiger partial charge >= 0.3 is 0 Å². The Hall–Kier alpha value is -3.79. The summed E-state index contributed by atoms with van der Waals surface area (Å²) >= 11 is 0. The Morgan fingerprint density at radius 1 is 0.972 bits per heavy atom. The number of nitrogens with zero attached hydrogens (tertiary/aromatic N) is 1. The predicted octanol–water partition coefficient (Wildman–Crippen LogP) is 4.14. The number of ether oxygens (including phenoxy) is 3. The Kier molecular flexibility index (Phi) is 8.76. The van der Waals surface area contributed by atoms with E-state index in [0.717, 1.165) is 15.9 Å². The molecule has 0 radical (unpaired) electrons. The molecule has 192 valence electrons. The summed E-state index contributed by atoms with van der Waals surface area (Å²) in [5, 5.41) is 2.70. The van der Waals surface area contributed by atoms with Crippen molar-refractivity contribution in [2.75, 3.05) is 25.1 Å². The fraction of sp³-hybridized carbons (Fsp3) is 0.269. The molecule has 0 spiro atoms. The van der Waals surface area contributed by atoms with E-state index < -0.39 is 28.3 Å². The monoisotopic (exact) mass is 516 g/mol. The minimum Gasteiger partial charge on any atom is -0.493 e. The lowest BCUT2D eigenvalue weighted by atomic mass is 10.2. The summed E-state index contributed by atoms with van der Waals surface area (Å²) in [5.41, 5.74) is 0.511. The van der Waals surface area contributed by atoms with E-state index in [9.17, 15) is 17.6 Å². The van der Waals surface area contributed by atoms with Crippen LogP contribution in [-0.2, 0) is 21.4 Å². The van der Waals surface area contributed by atoms with Gasteiger partial charge in [0, 0.05) is 12.6 Å². The number of carbonyl (C=O) groups excluding carboxylic acids is 1. The van der Waals surface area contributed by atoms with Crippen molar-refractivity contribution in [1.82, 2.24) is 5.32 Å². The van der Waals surface area contributed by atoms with Crippen LogP contribution < -0.4 is 23.8 Å². The third-order valence-electron chi connectivity index (χ3n) is 5.11. The number of para-hydroxylation sites is 1. The van der Waals surface area contributed by atoms with Gasteiger partial charge in [-0.1, -0.05) is 24.3 Å². The zero-order chi connectivity index (χ0) is 26.3. The molecule has 0 heterocycles. The van der Waals surface area contributed by atoms with Crippen LogP contribution in [0.3, 0.4) is 0 Å². The number of amides is 1. The molecule has 3 aromatic rings. The first-order chi connectivity index (χ1) is 17.1. The Balaban J connectivity index is 1.87. The highest BCUT2D eigenvalue weighted by atomic mass is 32.2. The summed E-state index contributed by atoms with van der Waals surface area (Å²) in [7, 11) is -1.56. The number of anilines is 1.